The van der Waals surface area contributed by atoms with Gasteiger partial charge >= 0.3 is 6.09 Å². The number of hydrogen-bond acceptors (Lipinski definition) is 11. The van der Waals surface area contributed by atoms with Crippen molar-refractivity contribution in [3.05, 3.63) is 12.2 Å². The minimum atomic E-state index is -1.42. The van der Waals surface area contributed by atoms with Crippen LogP contribution >= 0.6 is 0 Å². The van der Waals surface area contributed by atoms with E-state index in [2.05, 4.69) is 25.6 Å². The number of aliphatic hydroxyl groups excluding tert-OH is 2. The Morgan fingerprint density at radius 2 is 2.03 bits per heavy atom. The maximum Gasteiger partial charge on any atom is 0.409 e. The Bertz CT molecular complexity index is 1230. The fourth-order valence-corrected chi connectivity index (χ4v) is 5.13. The van der Waals surface area contributed by atoms with Gasteiger partial charge in [-0.05, 0) is 32.1 Å². The number of amides is 3. The molecule has 5 rings (SSSR count). The van der Waals surface area contributed by atoms with Crippen molar-refractivity contribution in [2.24, 2.45) is 11.8 Å². The van der Waals surface area contributed by atoms with Crippen LogP contribution in [0.25, 0.3) is 11.2 Å². The number of aromatic nitrogens is 4. The number of nitrogen functional groups attached to an aromatic ring is 1. The molecule has 3 aliphatic rings. The van der Waals surface area contributed by atoms with Crippen LogP contribution in [0.2, 0.25) is 0 Å². The predicted octanol–water partition coefficient (Wildman–Crippen LogP) is -1.31. The minimum Gasteiger partial charge on any atom is -0.448 e. The number of carbonyl (C=O) groups is 3. The number of aryl methyl sites for hydroxylation is 1. The number of aliphatic hydroxyl groups is 2. The van der Waals surface area contributed by atoms with Crippen molar-refractivity contribution < 1.29 is 34.1 Å². The molecule has 2 aromatic heterocycles. The van der Waals surface area contributed by atoms with Crippen LogP contribution in [0.5, 0.6) is 0 Å². The van der Waals surface area contributed by atoms with Gasteiger partial charge in [0, 0.05) is 32.6 Å². The van der Waals surface area contributed by atoms with Gasteiger partial charge in [-0.2, -0.15) is 0 Å². The fourth-order valence-electron chi connectivity index (χ4n) is 5.13. The van der Waals surface area contributed by atoms with Crippen molar-refractivity contribution >= 4 is 34.9 Å². The first kappa shape index (κ1) is 27.0. The molecule has 0 aromatic carbocycles. The summed E-state index contributed by atoms with van der Waals surface area (Å²) in [6.07, 6.45) is -1.18. The van der Waals surface area contributed by atoms with Crippen LogP contribution in [0.4, 0.5) is 10.6 Å². The molecule has 6 N–H and O–H groups in total. The first-order chi connectivity index (χ1) is 18.8. The van der Waals surface area contributed by atoms with Crippen molar-refractivity contribution in [1.29, 1.82) is 0 Å². The third kappa shape index (κ3) is 5.46. The molecule has 0 bridgehead atoms. The molecular weight excluding hydrogens is 512 g/mol. The van der Waals surface area contributed by atoms with E-state index >= 15 is 0 Å². The van der Waals surface area contributed by atoms with Crippen LogP contribution in [-0.4, -0.2) is 104 Å². The molecule has 0 aliphatic carbocycles. The first-order valence-electron chi connectivity index (χ1n) is 13.2. The summed E-state index contributed by atoms with van der Waals surface area (Å²) < 4.78 is 12.5. The summed E-state index contributed by atoms with van der Waals surface area (Å²) in [5.41, 5.74) is 6.82. The quantitative estimate of drug-likeness (QED) is 0.246. The molecule has 0 spiro atoms. The Hall–Kier alpha value is -3.56. The number of β-lactam (4-membered cyclic amide) rings is 1. The fraction of sp³-hybridized carbons (Fsp3) is 0.667. The van der Waals surface area contributed by atoms with E-state index in [0.717, 1.165) is 19.3 Å². The number of nitrogens with two attached hydrogens (primary N) is 1. The average molecular weight is 547 g/mol. The summed E-state index contributed by atoms with van der Waals surface area (Å²) >= 11 is 0. The average Bonchev–Trinajstić information content (AvgIpc) is 3.47. The lowest BCUT2D eigenvalue weighted by Crippen LogP contribution is -2.51. The normalized spacial score (nSPS) is 27.3. The van der Waals surface area contributed by atoms with Gasteiger partial charge in [-0.3, -0.25) is 14.2 Å². The largest absolute Gasteiger partial charge is 0.448 e. The van der Waals surface area contributed by atoms with Crippen molar-refractivity contribution in [2.45, 2.75) is 57.1 Å². The number of nitrogens with one attached hydrogen (secondary N) is 2. The Morgan fingerprint density at radius 1 is 1.26 bits per heavy atom. The van der Waals surface area contributed by atoms with Crippen LogP contribution < -0.4 is 16.4 Å². The number of rotatable bonds is 8. The van der Waals surface area contributed by atoms with Gasteiger partial charge in [0.1, 0.15) is 30.2 Å². The van der Waals surface area contributed by atoms with Gasteiger partial charge in [0.2, 0.25) is 5.91 Å². The van der Waals surface area contributed by atoms with Gasteiger partial charge in [-0.1, -0.05) is 0 Å². The summed E-state index contributed by atoms with van der Waals surface area (Å²) in [7, 11) is 0. The van der Waals surface area contributed by atoms with E-state index in [1.54, 1.807) is 11.8 Å². The van der Waals surface area contributed by atoms with Crippen LogP contribution in [0.15, 0.2) is 6.33 Å². The second-order valence-corrected chi connectivity index (χ2v) is 10.2. The topological polar surface area (TPSA) is 207 Å². The van der Waals surface area contributed by atoms with Gasteiger partial charge in [-0.15, -0.1) is 0 Å². The third-order valence-electron chi connectivity index (χ3n) is 7.57. The van der Waals surface area contributed by atoms with E-state index in [9.17, 15) is 24.6 Å². The highest BCUT2D eigenvalue weighted by Gasteiger charge is 2.47. The summed E-state index contributed by atoms with van der Waals surface area (Å²) in [6.45, 7) is 3.89. The summed E-state index contributed by atoms with van der Waals surface area (Å²) in [5.74, 6) is 0.179. The zero-order valence-electron chi connectivity index (χ0n) is 21.7. The molecule has 3 amide bonds. The lowest BCUT2D eigenvalue weighted by molar-refractivity contribution is -0.137. The van der Waals surface area contributed by atoms with Gasteiger partial charge in [-0.25, -0.2) is 19.7 Å². The molecule has 15 heteroatoms. The zero-order valence-corrected chi connectivity index (χ0v) is 21.7. The van der Waals surface area contributed by atoms with E-state index in [-0.39, 0.29) is 30.3 Å². The van der Waals surface area contributed by atoms with Crippen LogP contribution in [0, 0.1) is 11.8 Å². The first-order valence-corrected chi connectivity index (χ1v) is 13.2. The van der Waals surface area contributed by atoms with Crippen molar-refractivity contribution in [3.63, 3.8) is 0 Å². The number of imidazole rings is 1. The lowest BCUT2D eigenvalue weighted by atomic mass is 9.92. The molecule has 3 fully saturated rings. The molecule has 5 heterocycles. The minimum absolute atomic E-state index is 0.0845. The molecule has 39 heavy (non-hydrogen) atoms. The van der Waals surface area contributed by atoms with Crippen LogP contribution in [0.1, 0.15) is 38.2 Å². The lowest BCUT2D eigenvalue weighted by Gasteiger charge is -2.32. The van der Waals surface area contributed by atoms with E-state index < -0.39 is 30.4 Å². The number of hydrogen-bond donors (Lipinski definition) is 5. The van der Waals surface area contributed by atoms with Gasteiger partial charge in [0.15, 0.2) is 23.8 Å². The van der Waals surface area contributed by atoms with Crippen LogP contribution in [-0.2, 0) is 25.5 Å². The Labute approximate surface area is 224 Å². The number of nitrogens with zero attached hydrogens (tertiary/aromatic N) is 5. The highest BCUT2D eigenvalue weighted by molar-refractivity contribution is 5.85. The van der Waals surface area contributed by atoms with E-state index in [0.29, 0.717) is 55.5 Å². The molecule has 5 atom stereocenters. The molecule has 0 saturated carbocycles. The SMILES string of the molecule is CCNC(=O)[C@H]1O[C@@H](n2cnc3c(N)nc(CCC4CCN(C(=O)OCC5CNC5=O)CC4)nc32)C(O)C1O. The second kappa shape index (κ2) is 11.3. The van der Waals surface area contributed by atoms with Crippen molar-refractivity contribution in [1.82, 2.24) is 35.1 Å². The monoisotopic (exact) mass is 546 g/mol. The molecule has 3 saturated heterocycles. The molecular formula is C24H34N8O7. The summed E-state index contributed by atoms with van der Waals surface area (Å²) in [4.78, 5) is 50.8. The smallest absolute Gasteiger partial charge is 0.409 e. The molecule has 0 radical (unpaired) electrons. The van der Waals surface area contributed by atoms with E-state index in [1.165, 1.54) is 10.9 Å². The molecule has 3 aliphatic heterocycles. The second-order valence-electron chi connectivity index (χ2n) is 10.2. The van der Waals surface area contributed by atoms with Crippen LogP contribution in [0.3, 0.4) is 0 Å². The molecule has 3 unspecified atom stereocenters. The van der Waals surface area contributed by atoms with E-state index in [1.807, 2.05) is 0 Å². The molecule has 212 valence electrons. The maximum absolute atomic E-state index is 12.3. The number of likely N-dealkylation sites (N-methyl/N-ethyl adjacent to an activating group) is 1. The predicted molar refractivity (Wildman–Crippen MR) is 135 cm³/mol. The van der Waals surface area contributed by atoms with Gasteiger partial charge in [0.25, 0.3) is 5.91 Å². The van der Waals surface area contributed by atoms with Gasteiger partial charge in [0.05, 0.1) is 12.2 Å². The number of piperidine rings is 1. The summed E-state index contributed by atoms with van der Waals surface area (Å²) in [6, 6.07) is 0. The number of anilines is 1. The Kier molecular flexibility index (Phi) is 7.81. The standard InChI is InChI=1S/C24H34N8O7/c1-2-26-22(36)18-16(33)17(34)23(39-18)32-11-28-15-19(25)29-14(30-20(15)32)4-3-12-5-7-31(8-6-12)24(37)38-10-13-9-27-21(13)35/h11-13,16-18,23,33-34H,2-10H2,1H3,(H,26,36)(H,27,35)(H2,25,29,30)/t13?,16?,17?,18-,23+/m0/s1. The van der Waals surface area contributed by atoms with Crippen molar-refractivity contribution in [2.75, 3.05) is 38.5 Å². The Morgan fingerprint density at radius 3 is 2.69 bits per heavy atom. The van der Waals surface area contributed by atoms with Crippen molar-refractivity contribution in [3.8, 4) is 0 Å². The number of likely N-dealkylation sites (tertiary alicyclic amines) is 1. The van der Waals surface area contributed by atoms with Gasteiger partial charge < -0.3 is 41.0 Å². The zero-order chi connectivity index (χ0) is 27.7. The maximum atomic E-state index is 12.3. The molecule has 15 nitrogen and oxygen atoms in total. The highest BCUT2D eigenvalue weighted by Crippen LogP contribution is 2.32. The summed E-state index contributed by atoms with van der Waals surface area (Å²) in [5, 5.41) is 26.2. The molecule has 2 aromatic rings. The third-order valence-corrected chi connectivity index (χ3v) is 7.57. The Balaban J connectivity index is 1.18. The number of fused-ring (bicyclic) bond motifs is 1. The number of ether oxygens (including phenoxy) is 2. The number of carbonyl (C=O) groups excluding carboxylic acids is 3. The highest BCUT2D eigenvalue weighted by atomic mass is 16.6. The van der Waals surface area contributed by atoms with E-state index in [4.69, 9.17) is 15.2 Å².